The van der Waals surface area contributed by atoms with E-state index in [0.29, 0.717) is 0 Å². The Morgan fingerprint density at radius 1 is 1.58 bits per heavy atom. The van der Waals surface area contributed by atoms with E-state index in [-0.39, 0.29) is 11.5 Å². The summed E-state index contributed by atoms with van der Waals surface area (Å²) >= 11 is 6.27. The highest BCUT2D eigenvalue weighted by atomic mass is 35.5. The first-order valence-corrected chi connectivity index (χ1v) is 7.18. The molecule has 2 atom stereocenters. The zero-order valence-electron chi connectivity index (χ0n) is 11.3. The highest BCUT2D eigenvalue weighted by Crippen LogP contribution is 2.26. The van der Waals surface area contributed by atoms with Gasteiger partial charge in [0.2, 0.25) is 0 Å². The average molecular weight is 280 g/mol. The lowest BCUT2D eigenvalue weighted by atomic mass is 10.2. The fourth-order valence-corrected chi connectivity index (χ4v) is 2.80. The van der Waals surface area contributed by atoms with E-state index in [1.165, 1.54) is 0 Å². The third kappa shape index (κ3) is 2.35. The molecule has 3 rings (SSSR count). The molecular weight excluding hydrogens is 262 g/mol. The van der Waals surface area contributed by atoms with Crippen LogP contribution in [-0.2, 0) is 11.3 Å². The molecule has 0 aromatic carbocycles. The van der Waals surface area contributed by atoms with Gasteiger partial charge in [-0.2, -0.15) is 0 Å². The third-order valence-corrected chi connectivity index (χ3v) is 3.83. The number of aryl methyl sites for hydroxylation is 1. The first-order valence-electron chi connectivity index (χ1n) is 6.74. The largest absolute Gasteiger partial charge is 0.376 e. The standard InChI is InChI=1S/C14H18ClN3O/c1-9-5-6-16-14-12(9)17-13(10(2)15)18(14)8-11-4-3-7-19-11/h5-6,10-11H,3-4,7-8H2,1-2H3. The van der Waals surface area contributed by atoms with Crippen LogP contribution in [0.3, 0.4) is 0 Å². The predicted octanol–water partition coefficient (Wildman–Crippen LogP) is 3.22. The molecule has 2 unspecified atom stereocenters. The number of imidazole rings is 1. The minimum absolute atomic E-state index is 0.130. The van der Waals surface area contributed by atoms with Crippen molar-refractivity contribution in [2.45, 2.75) is 44.7 Å². The Labute approximate surface area is 117 Å². The molecule has 5 heteroatoms. The van der Waals surface area contributed by atoms with Gasteiger partial charge < -0.3 is 9.30 Å². The molecule has 1 aliphatic rings. The second kappa shape index (κ2) is 5.10. The highest BCUT2D eigenvalue weighted by Gasteiger charge is 2.22. The summed E-state index contributed by atoms with van der Waals surface area (Å²) in [6, 6.07) is 1.98. The molecule has 1 aliphatic heterocycles. The molecule has 0 bridgehead atoms. The van der Waals surface area contributed by atoms with E-state index >= 15 is 0 Å². The van der Waals surface area contributed by atoms with Gasteiger partial charge in [0.05, 0.1) is 18.0 Å². The Hall–Kier alpha value is -1.13. The molecule has 4 nitrogen and oxygen atoms in total. The molecule has 0 aliphatic carbocycles. The lowest BCUT2D eigenvalue weighted by molar-refractivity contribution is 0.0971. The molecule has 0 N–H and O–H groups in total. The van der Waals surface area contributed by atoms with Crippen LogP contribution in [0.4, 0.5) is 0 Å². The van der Waals surface area contributed by atoms with Crippen molar-refractivity contribution in [3.8, 4) is 0 Å². The van der Waals surface area contributed by atoms with Crippen LogP contribution in [0.2, 0.25) is 0 Å². The van der Waals surface area contributed by atoms with Gasteiger partial charge in [-0.1, -0.05) is 0 Å². The molecule has 3 heterocycles. The van der Waals surface area contributed by atoms with E-state index in [0.717, 1.165) is 48.5 Å². The van der Waals surface area contributed by atoms with Gasteiger partial charge in [-0.25, -0.2) is 9.97 Å². The number of alkyl halides is 1. The van der Waals surface area contributed by atoms with E-state index in [4.69, 9.17) is 16.3 Å². The minimum Gasteiger partial charge on any atom is -0.376 e. The van der Waals surface area contributed by atoms with E-state index in [2.05, 4.69) is 21.5 Å². The molecule has 1 fully saturated rings. The molecule has 102 valence electrons. The van der Waals surface area contributed by atoms with E-state index < -0.39 is 0 Å². The number of fused-ring (bicyclic) bond motifs is 1. The normalized spacial score (nSPS) is 21.1. The Morgan fingerprint density at radius 3 is 3.11 bits per heavy atom. The first-order chi connectivity index (χ1) is 9.16. The second-order valence-electron chi connectivity index (χ2n) is 5.13. The summed E-state index contributed by atoms with van der Waals surface area (Å²) in [6.07, 6.45) is 4.32. The number of rotatable bonds is 3. The monoisotopic (exact) mass is 279 g/mol. The number of aromatic nitrogens is 3. The van der Waals surface area contributed by atoms with E-state index in [1.807, 2.05) is 19.2 Å². The van der Waals surface area contributed by atoms with Crippen molar-refractivity contribution >= 4 is 22.8 Å². The van der Waals surface area contributed by atoms with Crippen molar-refractivity contribution in [1.29, 1.82) is 0 Å². The SMILES string of the molecule is Cc1ccnc2c1nc(C(C)Cl)n2CC1CCCO1. The van der Waals surface area contributed by atoms with Crippen LogP contribution in [0.5, 0.6) is 0 Å². The average Bonchev–Trinajstić information content (AvgIpc) is 2.99. The van der Waals surface area contributed by atoms with E-state index in [1.54, 1.807) is 0 Å². The number of ether oxygens (including phenoxy) is 1. The number of pyridine rings is 1. The molecule has 2 aromatic heterocycles. The molecule has 1 saturated heterocycles. The Bertz CT molecular complexity index is 588. The van der Waals surface area contributed by atoms with Crippen molar-refractivity contribution in [2.24, 2.45) is 0 Å². The summed E-state index contributed by atoms with van der Waals surface area (Å²) in [6.45, 7) is 5.65. The number of hydrogen-bond donors (Lipinski definition) is 0. The predicted molar refractivity (Wildman–Crippen MR) is 75.5 cm³/mol. The summed E-state index contributed by atoms with van der Waals surface area (Å²) < 4.78 is 7.84. The van der Waals surface area contributed by atoms with Crippen LogP contribution < -0.4 is 0 Å². The fraction of sp³-hybridized carbons (Fsp3) is 0.571. The Balaban J connectivity index is 2.08. The number of nitrogens with zero attached hydrogens (tertiary/aromatic N) is 3. The zero-order chi connectivity index (χ0) is 13.4. The molecule has 0 radical (unpaired) electrons. The third-order valence-electron chi connectivity index (χ3n) is 3.63. The smallest absolute Gasteiger partial charge is 0.160 e. The quantitative estimate of drug-likeness (QED) is 0.810. The number of halogens is 1. The molecule has 0 saturated carbocycles. The lowest BCUT2D eigenvalue weighted by Crippen LogP contribution is -2.17. The van der Waals surface area contributed by atoms with Crippen LogP contribution in [0.15, 0.2) is 12.3 Å². The van der Waals surface area contributed by atoms with Crippen molar-refractivity contribution in [2.75, 3.05) is 6.61 Å². The Kier molecular flexibility index (Phi) is 3.46. The molecule has 2 aromatic rings. The molecular formula is C14H18ClN3O. The van der Waals surface area contributed by atoms with Gasteiger partial charge in [0.25, 0.3) is 0 Å². The maximum atomic E-state index is 6.27. The van der Waals surface area contributed by atoms with Gasteiger partial charge in [0.15, 0.2) is 5.65 Å². The summed E-state index contributed by atoms with van der Waals surface area (Å²) in [5, 5.41) is -0.130. The van der Waals surface area contributed by atoms with Gasteiger partial charge in [-0.15, -0.1) is 11.6 Å². The van der Waals surface area contributed by atoms with Crippen LogP contribution in [0.1, 0.15) is 36.5 Å². The summed E-state index contributed by atoms with van der Waals surface area (Å²) in [5.74, 6) is 0.883. The van der Waals surface area contributed by atoms with Crippen molar-refractivity contribution < 1.29 is 4.74 Å². The maximum Gasteiger partial charge on any atom is 0.160 e. The van der Waals surface area contributed by atoms with Crippen LogP contribution >= 0.6 is 11.6 Å². The van der Waals surface area contributed by atoms with Crippen molar-refractivity contribution in [3.05, 3.63) is 23.7 Å². The highest BCUT2D eigenvalue weighted by molar-refractivity contribution is 6.20. The van der Waals surface area contributed by atoms with Gasteiger partial charge in [0.1, 0.15) is 11.3 Å². The number of hydrogen-bond acceptors (Lipinski definition) is 3. The van der Waals surface area contributed by atoms with Gasteiger partial charge >= 0.3 is 0 Å². The first kappa shape index (κ1) is 12.9. The zero-order valence-corrected chi connectivity index (χ0v) is 12.0. The van der Waals surface area contributed by atoms with Crippen LogP contribution in [0.25, 0.3) is 11.2 Å². The second-order valence-corrected chi connectivity index (χ2v) is 5.79. The van der Waals surface area contributed by atoms with Gasteiger partial charge in [0, 0.05) is 12.8 Å². The fourth-order valence-electron chi connectivity index (χ4n) is 2.63. The summed E-state index contributed by atoms with van der Waals surface area (Å²) in [5.41, 5.74) is 3.00. The van der Waals surface area contributed by atoms with E-state index in [9.17, 15) is 0 Å². The minimum atomic E-state index is -0.130. The summed E-state index contributed by atoms with van der Waals surface area (Å²) in [7, 11) is 0. The van der Waals surface area contributed by atoms with Crippen LogP contribution in [-0.4, -0.2) is 27.2 Å². The van der Waals surface area contributed by atoms with Crippen molar-refractivity contribution in [1.82, 2.24) is 14.5 Å². The lowest BCUT2D eigenvalue weighted by Gasteiger charge is -2.14. The van der Waals surface area contributed by atoms with Crippen LogP contribution in [0, 0.1) is 6.92 Å². The Morgan fingerprint density at radius 2 is 2.42 bits per heavy atom. The molecule has 19 heavy (non-hydrogen) atoms. The van der Waals surface area contributed by atoms with Gasteiger partial charge in [-0.05, 0) is 38.3 Å². The molecule has 0 amide bonds. The summed E-state index contributed by atoms with van der Waals surface area (Å²) in [4.78, 5) is 9.14. The van der Waals surface area contributed by atoms with Crippen molar-refractivity contribution in [3.63, 3.8) is 0 Å². The topological polar surface area (TPSA) is 39.9 Å². The molecule has 0 spiro atoms. The maximum absolute atomic E-state index is 6.27. The van der Waals surface area contributed by atoms with Gasteiger partial charge in [-0.3, -0.25) is 0 Å².